The van der Waals surface area contributed by atoms with Gasteiger partial charge < -0.3 is 20.5 Å². The van der Waals surface area contributed by atoms with Crippen molar-refractivity contribution >= 4 is 11.9 Å². The number of ether oxygens (including phenoxy) is 2. The molecule has 27 heavy (non-hydrogen) atoms. The number of benzene rings is 1. The maximum Gasteiger partial charge on any atom is 0.255 e. The minimum atomic E-state index is -0.246. The van der Waals surface area contributed by atoms with E-state index in [4.69, 9.17) is 15.2 Å². The molecule has 0 spiro atoms. The molecule has 1 amide bonds. The summed E-state index contributed by atoms with van der Waals surface area (Å²) in [6, 6.07) is 9.30. The van der Waals surface area contributed by atoms with Gasteiger partial charge in [-0.15, -0.1) is 0 Å². The van der Waals surface area contributed by atoms with Gasteiger partial charge in [0, 0.05) is 25.0 Å². The predicted octanol–water partition coefficient (Wildman–Crippen LogP) is 2.04. The van der Waals surface area contributed by atoms with E-state index in [1.54, 1.807) is 0 Å². The molecule has 0 radical (unpaired) electrons. The highest BCUT2D eigenvalue weighted by molar-refractivity contribution is 6.00. The average Bonchev–Trinajstić information content (AvgIpc) is 3.52. The fourth-order valence-corrected chi connectivity index (χ4v) is 3.22. The highest BCUT2D eigenvalue weighted by Gasteiger charge is 2.31. The third kappa shape index (κ3) is 4.43. The van der Waals surface area contributed by atoms with Crippen molar-refractivity contribution in [2.24, 2.45) is 5.92 Å². The molecule has 142 valence electrons. The van der Waals surface area contributed by atoms with Gasteiger partial charge in [0.05, 0.1) is 30.0 Å². The van der Waals surface area contributed by atoms with Crippen molar-refractivity contribution in [1.29, 1.82) is 0 Å². The van der Waals surface area contributed by atoms with Gasteiger partial charge in [-0.1, -0.05) is 30.3 Å². The smallest absolute Gasteiger partial charge is 0.255 e. The molecule has 1 aliphatic heterocycles. The summed E-state index contributed by atoms with van der Waals surface area (Å²) in [7, 11) is 0. The number of aromatic nitrogens is 2. The van der Waals surface area contributed by atoms with Crippen LogP contribution in [0.2, 0.25) is 0 Å². The molecule has 2 atom stereocenters. The summed E-state index contributed by atoms with van der Waals surface area (Å²) in [5.41, 5.74) is 7.48. The molecule has 3 N–H and O–H groups in total. The molecule has 2 fully saturated rings. The van der Waals surface area contributed by atoms with Gasteiger partial charge in [-0.25, -0.2) is 9.97 Å². The van der Waals surface area contributed by atoms with Crippen molar-refractivity contribution in [3.63, 3.8) is 0 Å². The minimum absolute atomic E-state index is 0.0295. The molecule has 2 aliphatic rings. The first-order valence-corrected chi connectivity index (χ1v) is 9.39. The van der Waals surface area contributed by atoms with Crippen molar-refractivity contribution in [3.05, 3.63) is 42.1 Å². The van der Waals surface area contributed by atoms with Gasteiger partial charge in [0.2, 0.25) is 5.95 Å². The standard InChI is InChI=1S/C20H24N4O3/c21-20-22-10-15(18(24-20)14-4-2-1-3-5-14)19(25)23-16-12-26-9-8-17(16)27-11-13-6-7-13/h1-5,10,13,16-17H,6-9,11-12H2,(H,23,25)(H2,21,22,24)/t16-,17+/m1/s1. The molecule has 1 saturated carbocycles. The van der Waals surface area contributed by atoms with Crippen LogP contribution in [0.15, 0.2) is 36.5 Å². The Labute approximate surface area is 158 Å². The molecule has 1 aliphatic carbocycles. The summed E-state index contributed by atoms with van der Waals surface area (Å²) in [6.45, 7) is 1.86. The molecule has 0 bridgehead atoms. The Balaban J connectivity index is 1.51. The average molecular weight is 368 g/mol. The van der Waals surface area contributed by atoms with Gasteiger partial charge in [0.1, 0.15) is 0 Å². The lowest BCUT2D eigenvalue weighted by atomic mass is 10.0. The fraction of sp³-hybridized carbons (Fsp3) is 0.450. The predicted molar refractivity (Wildman–Crippen MR) is 101 cm³/mol. The van der Waals surface area contributed by atoms with Crippen LogP contribution < -0.4 is 11.1 Å². The first-order chi connectivity index (χ1) is 13.2. The van der Waals surface area contributed by atoms with Crippen LogP contribution in [0.5, 0.6) is 0 Å². The van der Waals surface area contributed by atoms with Gasteiger partial charge in [0.25, 0.3) is 5.91 Å². The van der Waals surface area contributed by atoms with Crippen molar-refractivity contribution in [2.75, 3.05) is 25.6 Å². The lowest BCUT2D eigenvalue weighted by Gasteiger charge is -2.32. The summed E-state index contributed by atoms with van der Waals surface area (Å²) in [5.74, 6) is 0.570. The monoisotopic (exact) mass is 368 g/mol. The number of hydrogen-bond donors (Lipinski definition) is 2. The Hall–Kier alpha value is -2.51. The van der Waals surface area contributed by atoms with E-state index in [-0.39, 0.29) is 24.0 Å². The first-order valence-electron chi connectivity index (χ1n) is 9.39. The Kier molecular flexibility index (Phi) is 5.31. The van der Waals surface area contributed by atoms with Crippen LogP contribution in [-0.2, 0) is 9.47 Å². The van der Waals surface area contributed by atoms with Gasteiger partial charge >= 0.3 is 0 Å². The van der Waals surface area contributed by atoms with Crippen LogP contribution in [-0.4, -0.2) is 47.8 Å². The summed E-state index contributed by atoms with van der Waals surface area (Å²) in [5, 5.41) is 3.05. The van der Waals surface area contributed by atoms with Crippen molar-refractivity contribution in [3.8, 4) is 11.3 Å². The lowest BCUT2D eigenvalue weighted by molar-refractivity contribution is -0.0567. The number of carbonyl (C=O) groups is 1. The molecular weight excluding hydrogens is 344 g/mol. The molecule has 7 nitrogen and oxygen atoms in total. The molecular formula is C20H24N4O3. The molecule has 2 aromatic rings. The Morgan fingerprint density at radius 3 is 2.85 bits per heavy atom. The minimum Gasteiger partial charge on any atom is -0.379 e. The summed E-state index contributed by atoms with van der Waals surface area (Å²) in [6.07, 6.45) is 4.70. The van der Waals surface area contributed by atoms with Gasteiger partial charge in [-0.05, 0) is 25.2 Å². The third-order valence-corrected chi connectivity index (χ3v) is 4.95. The maximum absolute atomic E-state index is 13.0. The molecule has 7 heteroatoms. The first kappa shape index (κ1) is 17.9. The molecule has 1 aromatic carbocycles. The maximum atomic E-state index is 13.0. The Bertz CT molecular complexity index is 795. The van der Waals surface area contributed by atoms with Crippen LogP contribution in [0.3, 0.4) is 0 Å². The van der Waals surface area contributed by atoms with Gasteiger partial charge in [-0.3, -0.25) is 4.79 Å². The van der Waals surface area contributed by atoms with Crippen LogP contribution in [0.25, 0.3) is 11.3 Å². The molecule has 1 aromatic heterocycles. The molecule has 0 unspecified atom stereocenters. The largest absolute Gasteiger partial charge is 0.379 e. The quantitative estimate of drug-likeness (QED) is 0.809. The van der Waals surface area contributed by atoms with Gasteiger partial charge in [-0.2, -0.15) is 0 Å². The van der Waals surface area contributed by atoms with Crippen LogP contribution >= 0.6 is 0 Å². The topological polar surface area (TPSA) is 99.4 Å². The number of nitrogens with one attached hydrogen (secondary N) is 1. The number of nitrogens with zero attached hydrogens (tertiary/aromatic N) is 2. The van der Waals surface area contributed by atoms with E-state index in [1.807, 2.05) is 30.3 Å². The zero-order valence-corrected chi connectivity index (χ0v) is 15.1. The van der Waals surface area contributed by atoms with E-state index in [0.29, 0.717) is 30.4 Å². The van der Waals surface area contributed by atoms with E-state index in [2.05, 4.69) is 15.3 Å². The summed E-state index contributed by atoms with van der Waals surface area (Å²) < 4.78 is 11.6. The van der Waals surface area contributed by atoms with E-state index in [1.165, 1.54) is 19.0 Å². The second-order valence-electron chi connectivity index (χ2n) is 7.12. The zero-order valence-electron chi connectivity index (χ0n) is 15.1. The lowest BCUT2D eigenvalue weighted by Crippen LogP contribution is -2.50. The van der Waals surface area contributed by atoms with Crippen LogP contribution in [0, 0.1) is 5.92 Å². The van der Waals surface area contributed by atoms with Crippen molar-refractivity contribution in [2.45, 2.75) is 31.4 Å². The highest BCUT2D eigenvalue weighted by atomic mass is 16.5. The summed E-state index contributed by atoms with van der Waals surface area (Å²) in [4.78, 5) is 21.3. The number of nitrogens with two attached hydrogens (primary N) is 1. The number of amides is 1. The molecule has 1 saturated heterocycles. The highest BCUT2D eigenvalue weighted by Crippen LogP contribution is 2.30. The van der Waals surface area contributed by atoms with E-state index < -0.39 is 0 Å². The number of anilines is 1. The van der Waals surface area contributed by atoms with Crippen LogP contribution in [0.4, 0.5) is 5.95 Å². The van der Waals surface area contributed by atoms with Crippen LogP contribution in [0.1, 0.15) is 29.6 Å². The van der Waals surface area contributed by atoms with Crippen molar-refractivity contribution in [1.82, 2.24) is 15.3 Å². The number of carbonyl (C=O) groups excluding carboxylic acids is 1. The number of hydrogen-bond acceptors (Lipinski definition) is 6. The van der Waals surface area contributed by atoms with E-state index in [9.17, 15) is 4.79 Å². The second kappa shape index (κ2) is 8.02. The molecule has 4 rings (SSSR count). The van der Waals surface area contributed by atoms with Gasteiger partial charge in [0.15, 0.2) is 0 Å². The zero-order chi connectivity index (χ0) is 18.6. The van der Waals surface area contributed by atoms with E-state index in [0.717, 1.165) is 18.6 Å². The normalized spacial score (nSPS) is 22.4. The molecule has 2 heterocycles. The summed E-state index contributed by atoms with van der Waals surface area (Å²) >= 11 is 0. The van der Waals surface area contributed by atoms with E-state index >= 15 is 0 Å². The fourth-order valence-electron chi connectivity index (χ4n) is 3.22. The Morgan fingerprint density at radius 1 is 1.26 bits per heavy atom. The number of rotatable bonds is 6. The second-order valence-corrected chi connectivity index (χ2v) is 7.12. The third-order valence-electron chi connectivity index (χ3n) is 4.95. The number of nitrogen functional groups attached to an aromatic ring is 1. The van der Waals surface area contributed by atoms with Crippen molar-refractivity contribution < 1.29 is 14.3 Å². The SMILES string of the molecule is Nc1ncc(C(=O)N[C@@H]2COCC[C@@H]2OCC2CC2)c(-c2ccccc2)n1. The Morgan fingerprint density at radius 2 is 2.07 bits per heavy atom.